The van der Waals surface area contributed by atoms with Crippen LogP contribution in [0.5, 0.6) is 0 Å². The van der Waals surface area contributed by atoms with Crippen molar-refractivity contribution in [3.63, 3.8) is 0 Å². The Labute approximate surface area is 133 Å². The van der Waals surface area contributed by atoms with E-state index in [9.17, 15) is 4.39 Å². The molecule has 3 rings (SSSR count). The average molecular weight is 348 g/mol. The van der Waals surface area contributed by atoms with Crippen molar-refractivity contribution in [2.75, 3.05) is 6.54 Å². The summed E-state index contributed by atoms with van der Waals surface area (Å²) in [5.41, 5.74) is 2.57. The van der Waals surface area contributed by atoms with Gasteiger partial charge in [-0.3, -0.25) is 0 Å². The summed E-state index contributed by atoms with van der Waals surface area (Å²) in [7, 11) is 0. The van der Waals surface area contributed by atoms with Gasteiger partial charge in [0.1, 0.15) is 5.82 Å². The van der Waals surface area contributed by atoms with Crippen LogP contribution in [0.1, 0.15) is 36.4 Å². The molecule has 0 heterocycles. The minimum atomic E-state index is -0.204. The molecule has 3 heteroatoms. The SMILES string of the molecule is CCNC(c1ccc(F)c(Br)c1)C1CC1c1ccccc1. The van der Waals surface area contributed by atoms with Crippen molar-refractivity contribution in [3.8, 4) is 0 Å². The summed E-state index contributed by atoms with van der Waals surface area (Å²) < 4.78 is 14.0. The molecule has 1 N–H and O–H groups in total. The van der Waals surface area contributed by atoms with Crippen molar-refractivity contribution in [3.05, 3.63) is 69.9 Å². The van der Waals surface area contributed by atoms with Crippen molar-refractivity contribution in [1.29, 1.82) is 0 Å². The smallest absolute Gasteiger partial charge is 0.137 e. The lowest BCUT2D eigenvalue weighted by Crippen LogP contribution is -2.23. The van der Waals surface area contributed by atoms with Crippen LogP contribution in [0.2, 0.25) is 0 Å². The first-order valence-corrected chi connectivity index (χ1v) is 8.23. The van der Waals surface area contributed by atoms with Crippen LogP contribution in [0.3, 0.4) is 0 Å². The third-order valence-corrected chi connectivity index (χ3v) is 4.83. The highest BCUT2D eigenvalue weighted by molar-refractivity contribution is 9.10. The maximum Gasteiger partial charge on any atom is 0.137 e. The van der Waals surface area contributed by atoms with E-state index in [1.807, 2.05) is 12.1 Å². The molecular weight excluding hydrogens is 329 g/mol. The zero-order valence-corrected chi connectivity index (χ0v) is 13.6. The van der Waals surface area contributed by atoms with E-state index < -0.39 is 0 Å². The quantitative estimate of drug-likeness (QED) is 0.798. The van der Waals surface area contributed by atoms with E-state index in [0.717, 1.165) is 12.1 Å². The van der Waals surface area contributed by atoms with Crippen LogP contribution >= 0.6 is 15.9 Å². The second-order valence-corrected chi connectivity index (χ2v) is 6.48. The summed E-state index contributed by atoms with van der Waals surface area (Å²) in [6, 6.07) is 16.3. The summed E-state index contributed by atoms with van der Waals surface area (Å²) in [5.74, 6) is 0.994. The Morgan fingerprint density at radius 1 is 1.24 bits per heavy atom. The second-order valence-electron chi connectivity index (χ2n) is 5.63. The summed E-state index contributed by atoms with van der Waals surface area (Å²) >= 11 is 3.29. The van der Waals surface area contributed by atoms with Gasteiger partial charge in [-0.2, -0.15) is 0 Å². The average Bonchev–Trinajstić information content (AvgIpc) is 3.29. The Morgan fingerprint density at radius 2 is 2.00 bits per heavy atom. The molecule has 0 saturated heterocycles. The summed E-state index contributed by atoms with van der Waals surface area (Å²) in [6.07, 6.45) is 1.19. The molecule has 1 saturated carbocycles. The van der Waals surface area contributed by atoms with Crippen LogP contribution in [-0.4, -0.2) is 6.54 Å². The zero-order valence-electron chi connectivity index (χ0n) is 12.0. The van der Waals surface area contributed by atoms with Crippen molar-refractivity contribution in [2.24, 2.45) is 5.92 Å². The number of nitrogens with one attached hydrogen (secondary N) is 1. The number of hydrogen-bond donors (Lipinski definition) is 1. The van der Waals surface area contributed by atoms with Crippen LogP contribution in [0.15, 0.2) is 53.0 Å². The van der Waals surface area contributed by atoms with E-state index in [2.05, 4.69) is 58.5 Å². The molecule has 1 aliphatic carbocycles. The van der Waals surface area contributed by atoms with E-state index in [0.29, 0.717) is 16.3 Å². The van der Waals surface area contributed by atoms with Crippen LogP contribution in [0.25, 0.3) is 0 Å². The van der Waals surface area contributed by atoms with Crippen molar-refractivity contribution >= 4 is 15.9 Å². The Kier molecular flexibility index (Phi) is 4.41. The number of benzene rings is 2. The molecule has 1 aliphatic rings. The van der Waals surface area contributed by atoms with Crippen molar-refractivity contribution < 1.29 is 4.39 Å². The highest BCUT2D eigenvalue weighted by atomic mass is 79.9. The molecule has 3 unspecified atom stereocenters. The van der Waals surface area contributed by atoms with Gasteiger partial charge < -0.3 is 5.32 Å². The van der Waals surface area contributed by atoms with E-state index >= 15 is 0 Å². The van der Waals surface area contributed by atoms with E-state index in [4.69, 9.17) is 0 Å². The van der Waals surface area contributed by atoms with Gasteiger partial charge in [0, 0.05) is 6.04 Å². The van der Waals surface area contributed by atoms with Gasteiger partial charge in [0.05, 0.1) is 4.47 Å². The summed E-state index contributed by atoms with van der Waals surface area (Å²) in [4.78, 5) is 0. The fourth-order valence-corrected chi connectivity index (χ4v) is 3.51. The first-order valence-electron chi connectivity index (χ1n) is 7.44. The molecule has 0 aliphatic heterocycles. The third kappa shape index (κ3) is 3.19. The van der Waals surface area contributed by atoms with Crippen molar-refractivity contribution in [2.45, 2.75) is 25.3 Å². The monoisotopic (exact) mass is 347 g/mol. The third-order valence-electron chi connectivity index (χ3n) is 4.22. The van der Waals surface area contributed by atoms with Gasteiger partial charge in [0.2, 0.25) is 0 Å². The fraction of sp³-hybridized carbons (Fsp3) is 0.333. The number of hydrogen-bond acceptors (Lipinski definition) is 1. The van der Waals surface area contributed by atoms with Gasteiger partial charge in [-0.05, 0) is 64.0 Å². The predicted octanol–water partition coefficient (Wildman–Crippen LogP) is 5.04. The van der Waals surface area contributed by atoms with Crippen molar-refractivity contribution in [1.82, 2.24) is 5.32 Å². The van der Waals surface area contributed by atoms with E-state index in [-0.39, 0.29) is 11.9 Å². The minimum Gasteiger partial charge on any atom is -0.310 e. The molecule has 0 bridgehead atoms. The minimum absolute atomic E-state index is 0.204. The molecule has 3 atom stereocenters. The Morgan fingerprint density at radius 3 is 2.67 bits per heavy atom. The van der Waals surface area contributed by atoms with Gasteiger partial charge in [-0.15, -0.1) is 0 Å². The molecular formula is C18H19BrFN. The standard InChI is InChI=1S/C18H19BrFN/c1-2-21-18(13-8-9-17(20)16(19)10-13)15-11-14(15)12-6-4-3-5-7-12/h3-10,14-15,18,21H,2,11H2,1H3. The lowest BCUT2D eigenvalue weighted by molar-refractivity contribution is 0.485. The summed E-state index contributed by atoms with van der Waals surface area (Å²) in [6.45, 7) is 3.03. The molecule has 0 amide bonds. The maximum absolute atomic E-state index is 13.4. The molecule has 1 nitrogen and oxygen atoms in total. The summed E-state index contributed by atoms with van der Waals surface area (Å²) in [5, 5.41) is 3.56. The lowest BCUT2D eigenvalue weighted by Gasteiger charge is -2.19. The van der Waals surface area contributed by atoms with Crippen LogP contribution in [0, 0.1) is 11.7 Å². The second kappa shape index (κ2) is 6.29. The Hall–Kier alpha value is -1.19. The first-order chi connectivity index (χ1) is 10.2. The van der Waals surface area contributed by atoms with Gasteiger partial charge in [-0.25, -0.2) is 4.39 Å². The molecule has 2 aromatic carbocycles. The normalized spacial score (nSPS) is 22.0. The van der Waals surface area contributed by atoms with Crippen LogP contribution in [0.4, 0.5) is 4.39 Å². The largest absolute Gasteiger partial charge is 0.310 e. The molecule has 0 radical (unpaired) electrons. The van der Waals surface area contributed by atoms with Gasteiger partial charge in [0.15, 0.2) is 0 Å². The Balaban J connectivity index is 1.81. The van der Waals surface area contributed by atoms with E-state index in [1.54, 1.807) is 6.07 Å². The molecule has 2 aromatic rings. The van der Waals surface area contributed by atoms with E-state index in [1.165, 1.54) is 12.0 Å². The Bertz CT molecular complexity index is 614. The van der Waals surface area contributed by atoms with Gasteiger partial charge in [0.25, 0.3) is 0 Å². The molecule has 110 valence electrons. The zero-order chi connectivity index (χ0) is 14.8. The molecule has 0 aromatic heterocycles. The van der Waals surface area contributed by atoms with Gasteiger partial charge >= 0.3 is 0 Å². The first kappa shape index (κ1) is 14.7. The molecule has 1 fully saturated rings. The topological polar surface area (TPSA) is 12.0 Å². The fourth-order valence-electron chi connectivity index (χ4n) is 3.11. The van der Waals surface area contributed by atoms with Gasteiger partial charge in [-0.1, -0.05) is 43.3 Å². The van der Waals surface area contributed by atoms with Crippen LogP contribution < -0.4 is 5.32 Å². The maximum atomic E-state index is 13.4. The lowest BCUT2D eigenvalue weighted by atomic mass is 9.98. The highest BCUT2D eigenvalue weighted by Crippen LogP contribution is 2.54. The molecule has 21 heavy (non-hydrogen) atoms. The predicted molar refractivity (Wildman–Crippen MR) is 87.8 cm³/mol. The number of halogens is 2. The van der Waals surface area contributed by atoms with Crippen LogP contribution in [-0.2, 0) is 0 Å². The highest BCUT2D eigenvalue weighted by Gasteiger charge is 2.44. The number of rotatable bonds is 5. The molecule has 0 spiro atoms.